The van der Waals surface area contributed by atoms with Gasteiger partial charge in [0.2, 0.25) is 0 Å². The van der Waals surface area contributed by atoms with Gasteiger partial charge in [-0.15, -0.1) is 0 Å². The average Bonchev–Trinajstić information content (AvgIpc) is 2.07. The van der Waals surface area contributed by atoms with Gasteiger partial charge in [-0.1, -0.05) is 18.2 Å². The van der Waals surface area contributed by atoms with Crippen molar-refractivity contribution in [3.05, 3.63) is 40.4 Å². The lowest BCUT2D eigenvalue weighted by atomic mass is 10.3. The van der Waals surface area contributed by atoms with E-state index in [9.17, 15) is 10.1 Å². The fourth-order valence-electron chi connectivity index (χ4n) is 0.550. The maximum atomic E-state index is 10.0. The maximum absolute atomic E-state index is 10.0. The molecule has 0 amide bonds. The lowest BCUT2D eigenvalue weighted by Crippen LogP contribution is -1.84. The van der Waals surface area contributed by atoms with E-state index in [1.54, 1.807) is 23.4 Å². The van der Waals surface area contributed by atoms with Crippen LogP contribution in [0.3, 0.4) is 0 Å². The lowest BCUT2D eigenvalue weighted by molar-refractivity contribution is -0.384. The van der Waals surface area contributed by atoms with Crippen LogP contribution in [0.1, 0.15) is 0 Å². The molecule has 0 aliphatic carbocycles. The Balaban J connectivity index is 0.000000354. The van der Waals surface area contributed by atoms with Crippen LogP contribution in [-0.4, -0.2) is 10.1 Å². The van der Waals surface area contributed by atoms with Crippen molar-refractivity contribution in [1.29, 1.82) is 5.41 Å². The number of nitro groups is 1. The Morgan fingerprint density at radius 2 is 1.83 bits per heavy atom. The molecule has 0 aliphatic rings. The van der Waals surface area contributed by atoms with Crippen LogP contribution in [0.25, 0.3) is 0 Å². The Kier molecular flexibility index (Phi) is 5.34. The minimum atomic E-state index is -0.417. The number of thiocarbonyl (C=S) groups is 1. The van der Waals surface area contributed by atoms with E-state index in [0.29, 0.717) is 0 Å². The molecule has 0 aliphatic heterocycles. The summed E-state index contributed by atoms with van der Waals surface area (Å²) in [6, 6.07) is 7.93. The summed E-state index contributed by atoms with van der Waals surface area (Å²) in [5.74, 6) is 0. The van der Waals surface area contributed by atoms with E-state index < -0.39 is 4.92 Å². The first kappa shape index (κ1) is 10.4. The van der Waals surface area contributed by atoms with Gasteiger partial charge >= 0.3 is 0 Å². The van der Waals surface area contributed by atoms with Crippen molar-refractivity contribution < 1.29 is 4.92 Å². The molecule has 0 unspecified atom stereocenters. The fraction of sp³-hybridized carbons (Fsp3) is 0. The molecule has 0 atom stereocenters. The minimum absolute atomic E-state index is 0.137. The number of benzene rings is 1. The highest BCUT2D eigenvalue weighted by Crippen LogP contribution is 2.06. The second-order valence-electron chi connectivity index (χ2n) is 1.69. The van der Waals surface area contributed by atoms with Crippen LogP contribution in [0.5, 0.6) is 0 Å². The van der Waals surface area contributed by atoms with E-state index in [1.807, 2.05) is 0 Å². The summed E-state index contributed by atoms with van der Waals surface area (Å²) in [7, 11) is 0. The molecule has 1 rings (SSSR count). The zero-order valence-electron chi connectivity index (χ0n) is 6.06. The van der Waals surface area contributed by atoms with Crippen LogP contribution in [0, 0.1) is 15.5 Å². The molecule has 12 heavy (non-hydrogen) atoms. The van der Waals surface area contributed by atoms with E-state index in [4.69, 9.17) is 5.41 Å². The van der Waals surface area contributed by atoms with Gasteiger partial charge in [0.05, 0.1) is 10.1 Å². The van der Waals surface area contributed by atoms with Gasteiger partial charge in [-0.2, -0.15) is 0 Å². The second kappa shape index (κ2) is 6.15. The van der Waals surface area contributed by atoms with Crippen molar-refractivity contribution in [3.63, 3.8) is 0 Å². The number of para-hydroxylation sites is 1. The van der Waals surface area contributed by atoms with Crippen LogP contribution in [0.4, 0.5) is 5.69 Å². The number of nitrogens with zero attached hydrogens (tertiary/aromatic N) is 1. The summed E-state index contributed by atoms with van der Waals surface area (Å²) in [6.07, 6.45) is 0. The fourth-order valence-corrected chi connectivity index (χ4v) is 0.550. The first-order chi connectivity index (χ1) is 5.72. The van der Waals surface area contributed by atoms with Crippen LogP contribution >= 0.6 is 12.2 Å². The van der Waals surface area contributed by atoms with E-state index in [0.717, 1.165) is 0 Å². The largest absolute Gasteiger partial charge is 0.269 e. The normalized spacial score (nSPS) is 7.33. The molecular weight excluding hydrogens is 176 g/mol. The van der Waals surface area contributed by atoms with E-state index >= 15 is 0 Å². The first-order valence-electron chi connectivity index (χ1n) is 2.95. The van der Waals surface area contributed by atoms with Crippen LogP contribution in [0.15, 0.2) is 30.3 Å². The molecule has 62 valence electrons. The molecule has 4 nitrogen and oxygen atoms in total. The van der Waals surface area contributed by atoms with Gasteiger partial charge < -0.3 is 0 Å². The summed E-state index contributed by atoms with van der Waals surface area (Å²) in [4.78, 5) is 9.59. The highest BCUT2D eigenvalue weighted by atomic mass is 32.1. The number of hydrogen-bond donors (Lipinski definition) is 1. The third kappa shape index (κ3) is 4.27. The molecule has 0 aromatic heterocycles. The number of hydrogen-bond acceptors (Lipinski definition) is 4. The number of nitro benzene ring substituents is 1. The zero-order valence-corrected chi connectivity index (χ0v) is 6.88. The Labute approximate surface area is 74.5 Å². The van der Waals surface area contributed by atoms with Crippen molar-refractivity contribution in [3.8, 4) is 0 Å². The van der Waals surface area contributed by atoms with Gasteiger partial charge in [0.25, 0.3) is 5.69 Å². The average molecular weight is 182 g/mol. The number of rotatable bonds is 1. The van der Waals surface area contributed by atoms with Crippen LogP contribution < -0.4 is 0 Å². The number of isothiocyanates is 1. The molecular formula is C7H6N2O2S. The smallest absolute Gasteiger partial charge is 0.258 e. The van der Waals surface area contributed by atoms with Crippen molar-refractivity contribution >= 4 is 23.1 Å². The van der Waals surface area contributed by atoms with E-state index in [1.165, 1.54) is 12.1 Å². The monoisotopic (exact) mass is 182 g/mol. The molecule has 0 saturated heterocycles. The number of nitrogens with one attached hydrogen (secondary N) is 1. The molecule has 1 aromatic carbocycles. The maximum Gasteiger partial charge on any atom is 0.269 e. The molecule has 1 N–H and O–H groups in total. The third-order valence-corrected chi connectivity index (χ3v) is 0.967. The molecule has 0 saturated carbocycles. The van der Waals surface area contributed by atoms with Crippen LogP contribution in [0.2, 0.25) is 0 Å². The van der Waals surface area contributed by atoms with Gasteiger partial charge in [-0.25, -0.2) is 5.41 Å². The van der Waals surface area contributed by atoms with Gasteiger partial charge in [0.15, 0.2) is 0 Å². The van der Waals surface area contributed by atoms with Crippen molar-refractivity contribution in [2.24, 2.45) is 0 Å². The predicted octanol–water partition coefficient (Wildman–Crippen LogP) is 2.26. The van der Waals surface area contributed by atoms with Gasteiger partial charge in [-0.05, 0) is 12.2 Å². The molecule has 0 spiro atoms. The molecule has 5 heteroatoms. The topological polar surface area (TPSA) is 67.0 Å². The summed E-state index contributed by atoms with van der Waals surface area (Å²) in [5.41, 5.74) is 0.137. The number of non-ortho nitro benzene ring substituents is 1. The summed E-state index contributed by atoms with van der Waals surface area (Å²) in [5, 5.41) is 17.4. The summed E-state index contributed by atoms with van der Waals surface area (Å²) in [6.45, 7) is 0. The van der Waals surface area contributed by atoms with E-state index in [-0.39, 0.29) is 5.69 Å². The Hall–Kier alpha value is -1.58. The SMILES string of the molecule is N=C=S.O=[N+]([O-])c1ccccc1. The predicted molar refractivity (Wildman–Crippen MR) is 48.4 cm³/mol. The van der Waals surface area contributed by atoms with Gasteiger partial charge in [0, 0.05) is 12.1 Å². The highest BCUT2D eigenvalue weighted by Gasteiger charge is 1.98. The first-order valence-corrected chi connectivity index (χ1v) is 3.36. The Morgan fingerprint density at radius 1 is 1.42 bits per heavy atom. The van der Waals surface area contributed by atoms with Crippen molar-refractivity contribution in [1.82, 2.24) is 0 Å². The lowest BCUT2D eigenvalue weighted by Gasteiger charge is -1.85. The zero-order chi connectivity index (χ0) is 9.40. The molecule has 0 heterocycles. The van der Waals surface area contributed by atoms with Crippen LogP contribution in [-0.2, 0) is 0 Å². The molecule has 0 bridgehead atoms. The van der Waals surface area contributed by atoms with Crippen molar-refractivity contribution in [2.75, 3.05) is 0 Å². The molecule has 1 aromatic rings. The quantitative estimate of drug-likeness (QED) is 0.313. The highest BCUT2D eigenvalue weighted by molar-refractivity contribution is 7.78. The van der Waals surface area contributed by atoms with E-state index in [2.05, 4.69) is 12.2 Å². The molecule has 0 fully saturated rings. The Morgan fingerprint density at radius 3 is 2.08 bits per heavy atom. The summed E-state index contributed by atoms with van der Waals surface area (Å²) < 4.78 is 0. The van der Waals surface area contributed by atoms with Gasteiger partial charge in [-0.3, -0.25) is 10.1 Å². The third-order valence-electron chi connectivity index (χ3n) is 0.967. The molecule has 0 radical (unpaired) electrons. The standard InChI is InChI=1S/C6H5NO2.CHNS/c8-7(9)6-4-2-1-3-5-6;2-1-3/h1-5H;2H. The Bertz CT molecular complexity index is 281. The minimum Gasteiger partial charge on any atom is -0.258 e. The second-order valence-corrected chi connectivity index (χ2v) is 1.90. The van der Waals surface area contributed by atoms with Gasteiger partial charge in [0.1, 0.15) is 0 Å². The van der Waals surface area contributed by atoms with Crippen molar-refractivity contribution in [2.45, 2.75) is 0 Å². The summed E-state index contributed by atoms with van der Waals surface area (Å²) >= 11 is 3.81.